The summed E-state index contributed by atoms with van der Waals surface area (Å²) in [6, 6.07) is 0. The molecule has 12 heavy (non-hydrogen) atoms. The van der Waals surface area contributed by atoms with E-state index in [4.69, 9.17) is 11.5 Å². The topological polar surface area (TPSA) is 97.8 Å². The fourth-order valence-corrected chi connectivity index (χ4v) is 1.14. The predicted molar refractivity (Wildman–Crippen MR) is 43.5 cm³/mol. The second kappa shape index (κ2) is 2.23. The highest BCUT2D eigenvalue weighted by Crippen LogP contribution is 2.38. The van der Waals surface area contributed by atoms with Gasteiger partial charge in [0.15, 0.2) is 5.82 Å². The number of aromatic nitrogens is 2. The summed E-state index contributed by atoms with van der Waals surface area (Å²) in [5.74, 6) is 0.915. The molecular formula is C7H10N4O. The molecule has 0 bridgehead atoms. The number of nitrogens with zero attached hydrogens (tertiary/aromatic N) is 1. The number of H-pyrrole nitrogens is 1. The molecule has 0 aliphatic heterocycles. The van der Waals surface area contributed by atoms with Crippen LogP contribution in [-0.2, 0) is 0 Å². The second-order valence-electron chi connectivity index (χ2n) is 3.02. The number of nitrogens with two attached hydrogens (primary N) is 2. The van der Waals surface area contributed by atoms with Crippen LogP contribution in [-0.4, -0.2) is 15.9 Å². The zero-order chi connectivity index (χ0) is 8.72. The number of nitrogens with one attached hydrogen (secondary N) is 1. The van der Waals surface area contributed by atoms with Crippen LogP contribution in [0.5, 0.6) is 0 Å². The molecule has 2 rings (SSSR count). The lowest BCUT2D eigenvalue weighted by atomic mass is 10.4. The lowest BCUT2D eigenvalue weighted by Crippen LogP contribution is -2.13. The summed E-state index contributed by atoms with van der Waals surface area (Å²) in [5.41, 5.74) is 10.8. The van der Waals surface area contributed by atoms with Crippen LogP contribution in [0.3, 0.4) is 0 Å². The first-order valence-corrected chi connectivity index (χ1v) is 3.83. The number of imidazole rings is 1. The number of hydrogen-bond acceptors (Lipinski definition) is 3. The van der Waals surface area contributed by atoms with E-state index >= 15 is 0 Å². The molecule has 1 aromatic rings. The number of primary amides is 1. The third-order valence-electron chi connectivity index (χ3n) is 1.96. The highest BCUT2D eigenvalue weighted by Gasteiger charge is 2.28. The fourth-order valence-electron chi connectivity index (χ4n) is 1.14. The summed E-state index contributed by atoms with van der Waals surface area (Å²) in [4.78, 5) is 17.6. The Bertz CT molecular complexity index is 326. The van der Waals surface area contributed by atoms with Crippen LogP contribution in [0.1, 0.15) is 35.1 Å². The Kier molecular flexibility index (Phi) is 1.33. The molecule has 1 heterocycles. The van der Waals surface area contributed by atoms with Crippen molar-refractivity contribution in [3.63, 3.8) is 0 Å². The standard InChI is InChI=1S/C7H10N4O/c8-5-4(6(9)12)10-7(11-5)3-1-2-3/h3H,1-2,8H2,(H2,9,12)(H,10,11). The van der Waals surface area contributed by atoms with Gasteiger partial charge in [0, 0.05) is 5.92 Å². The first-order valence-electron chi connectivity index (χ1n) is 3.83. The van der Waals surface area contributed by atoms with Crippen molar-refractivity contribution in [2.45, 2.75) is 18.8 Å². The lowest BCUT2D eigenvalue weighted by Gasteiger charge is -1.88. The summed E-state index contributed by atoms with van der Waals surface area (Å²) < 4.78 is 0. The highest BCUT2D eigenvalue weighted by molar-refractivity contribution is 5.95. The molecule has 5 nitrogen and oxygen atoms in total. The zero-order valence-electron chi connectivity index (χ0n) is 6.50. The number of rotatable bonds is 2. The van der Waals surface area contributed by atoms with Crippen molar-refractivity contribution >= 4 is 11.7 Å². The van der Waals surface area contributed by atoms with Crippen molar-refractivity contribution in [1.29, 1.82) is 0 Å². The van der Waals surface area contributed by atoms with Gasteiger partial charge in [-0.2, -0.15) is 0 Å². The minimum atomic E-state index is -0.549. The molecule has 1 aliphatic rings. The third kappa shape index (κ3) is 1.03. The maximum atomic E-state index is 10.7. The molecule has 5 N–H and O–H groups in total. The van der Waals surface area contributed by atoms with Crippen molar-refractivity contribution in [3.8, 4) is 0 Å². The van der Waals surface area contributed by atoms with Gasteiger partial charge in [-0.05, 0) is 12.8 Å². The fraction of sp³-hybridized carbons (Fsp3) is 0.429. The minimum Gasteiger partial charge on any atom is -0.382 e. The van der Waals surface area contributed by atoms with Crippen LogP contribution in [0.15, 0.2) is 0 Å². The summed E-state index contributed by atoms with van der Waals surface area (Å²) in [6.07, 6.45) is 2.23. The van der Waals surface area contributed by atoms with Gasteiger partial charge in [0.25, 0.3) is 5.91 Å². The first-order chi connectivity index (χ1) is 5.68. The van der Waals surface area contributed by atoms with Crippen molar-refractivity contribution < 1.29 is 4.79 Å². The van der Waals surface area contributed by atoms with Crippen molar-refractivity contribution in [2.75, 3.05) is 5.73 Å². The van der Waals surface area contributed by atoms with E-state index < -0.39 is 5.91 Å². The Morgan fingerprint density at radius 1 is 1.58 bits per heavy atom. The zero-order valence-corrected chi connectivity index (χ0v) is 6.50. The Balaban J connectivity index is 2.36. The van der Waals surface area contributed by atoms with Crippen LogP contribution in [0.25, 0.3) is 0 Å². The predicted octanol–water partition coefficient (Wildman–Crippen LogP) is -0.0318. The monoisotopic (exact) mass is 166 g/mol. The molecular weight excluding hydrogens is 156 g/mol. The quantitative estimate of drug-likeness (QED) is 0.575. The van der Waals surface area contributed by atoms with Gasteiger partial charge in [-0.3, -0.25) is 4.79 Å². The van der Waals surface area contributed by atoms with Crippen LogP contribution in [0.4, 0.5) is 5.82 Å². The van der Waals surface area contributed by atoms with Crippen molar-refractivity contribution in [3.05, 3.63) is 11.5 Å². The van der Waals surface area contributed by atoms with E-state index in [0.29, 0.717) is 5.92 Å². The largest absolute Gasteiger partial charge is 0.382 e. The van der Waals surface area contributed by atoms with Gasteiger partial charge < -0.3 is 16.5 Å². The summed E-state index contributed by atoms with van der Waals surface area (Å²) in [5, 5.41) is 0. The molecule has 0 atom stereocenters. The number of amides is 1. The molecule has 5 heteroatoms. The van der Waals surface area contributed by atoms with E-state index in [-0.39, 0.29) is 11.5 Å². The van der Waals surface area contributed by atoms with Gasteiger partial charge >= 0.3 is 0 Å². The Morgan fingerprint density at radius 3 is 2.67 bits per heavy atom. The average molecular weight is 166 g/mol. The van der Waals surface area contributed by atoms with Gasteiger partial charge in [0.1, 0.15) is 11.5 Å². The van der Waals surface area contributed by atoms with Crippen LogP contribution in [0.2, 0.25) is 0 Å². The van der Waals surface area contributed by atoms with Crippen LogP contribution in [0, 0.1) is 0 Å². The number of hydrogen-bond donors (Lipinski definition) is 3. The highest BCUT2D eigenvalue weighted by atomic mass is 16.1. The smallest absolute Gasteiger partial charge is 0.269 e. The first kappa shape index (κ1) is 7.15. The van der Waals surface area contributed by atoms with Crippen LogP contribution >= 0.6 is 0 Å². The van der Waals surface area contributed by atoms with E-state index in [2.05, 4.69) is 9.97 Å². The van der Waals surface area contributed by atoms with Gasteiger partial charge in [0.2, 0.25) is 0 Å². The molecule has 1 aliphatic carbocycles. The van der Waals surface area contributed by atoms with E-state index in [9.17, 15) is 4.79 Å². The maximum absolute atomic E-state index is 10.7. The number of aromatic amines is 1. The van der Waals surface area contributed by atoms with Crippen molar-refractivity contribution in [1.82, 2.24) is 9.97 Å². The SMILES string of the molecule is NC(=O)c1[nH]c(C2CC2)nc1N. The molecule has 0 spiro atoms. The van der Waals surface area contributed by atoms with E-state index in [0.717, 1.165) is 18.7 Å². The molecule has 0 saturated heterocycles. The summed E-state index contributed by atoms with van der Waals surface area (Å²) in [7, 11) is 0. The molecule has 0 unspecified atom stereocenters. The molecule has 1 fully saturated rings. The molecule has 1 saturated carbocycles. The van der Waals surface area contributed by atoms with E-state index in [1.165, 1.54) is 0 Å². The number of carbonyl (C=O) groups is 1. The van der Waals surface area contributed by atoms with Gasteiger partial charge in [-0.15, -0.1) is 0 Å². The molecule has 0 aromatic carbocycles. The second-order valence-corrected chi connectivity index (χ2v) is 3.02. The Hall–Kier alpha value is -1.52. The third-order valence-corrected chi connectivity index (χ3v) is 1.96. The van der Waals surface area contributed by atoms with E-state index in [1.54, 1.807) is 0 Å². The van der Waals surface area contributed by atoms with Crippen molar-refractivity contribution in [2.24, 2.45) is 5.73 Å². The van der Waals surface area contributed by atoms with Gasteiger partial charge in [-0.1, -0.05) is 0 Å². The van der Waals surface area contributed by atoms with Gasteiger partial charge in [-0.25, -0.2) is 4.98 Å². The number of anilines is 1. The average Bonchev–Trinajstić information content (AvgIpc) is 2.75. The number of carbonyl (C=O) groups excluding carboxylic acids is 1. The maximum Gasteiger partial charge on any atom is 0.269 e. The molecule has 1 aromatic heterocycles. The van der Waals surface area contributed by atoms with Crippen LogP contribution < -0.4 is 11.5 Å². The normalized spacial score (nSPS) is 16.3. The summed E-state index contributed by atoms with van der Waals surface area (Å²) >= 11 is 0. The minimum absolute atomic E-state index is 0.212. The lowest BCUT2D eigenvalue weighted by molar-refractivity contribution is 0.0997. The number of nitrogen functional groups attached to an aromatic ring is 1. The summed E-state index contributed by atoms with van der Waals surface area (Å²) in [6.45, 7) is 0. The Labute approximate surface area is 69.2 Å². The molecule has 1 amide bonds. The van der Waals surface area contributed by atoms with Gasteiger partial charge in [0.05, 0.1) is 0 Å². The molecule has 0 radical (unpaired) electrons. The molecule has 64 valence electrons. The Morgan fingerprint density at radius 2 is 2.25 bits per heavy atom. The van der Waals surface area contributed by atoms with E-state index in [1.807, 2.05) is 0 Å².